The quantitative estimate of drug-likeness (QED) is 0.199. The van der Waals surface area contributed by atoms with Crippen molar-refractivity contribution in [3.05, 3.63) is 164 Å². The van der Waals surface area contributed by atoms with Gasteiger partial charge in [0.25, 0.3) is 0 Å². The van der Waals surface area contributed by atoms with Crippen molar-refractivity contribution in [2.75, 3.05) is 4.90 Å². The summed E-state index contributed by atoms with van der Waals surface area (Å²) in [5.41, 5.74) is 7.27. The van der Waals surface area contributed by atoms with Crippen molar-refractivity contribution in [2.45, 2.75) is 0 Å². The van der Waals surface area contributed by atoms with Gasteiger partial charge in [0, 0.05) is 22.0 Å². The molecule has 0 unspecified atom stereocenters. The minimum absolute atomic E-state index is 0.875. The van der Waals surface area contributed by atoms with E-state index in [2.05, 4.69) is 163 Å². The first-order chi connectivity index (χ1) is 21.8. The number of fused-ring (bicyclic) bond motifs is 9. The van der Waals surface area contributed by atoms with E-state index in [9.17, 15) is 0 Å². The molecule has 0 aliphatic heterocycles. The van der Waals surface area contributed by atoms with Gasteiger partial charge < -0.3 is 9.32 Å². The lowest BCUT2D eigenvalue weighted by molar-refractivity contribution is 0.669. The van der Waals surface area contributed by atoms with Crippen LogP contribution in [0.25, 0.3) is 65.4 Å². The highest BCUT2D eigenvalue weighted by Gasteiger charge is 2.22. The van der Waals surface area contributed by atoms with Crippen molar-refractivity contribution in [1.82, 2.24) is 0 Å². The largest absolute Gasteiger partial charge is 0.454 e. The molecule has 0 bridgehead atoms. The topological polar surface area (TPSA) is 16.4 Å². The zero-order chi connectivity index (χ0) is 29.0. The lowest BCUT2D eigenvalue weighted by Gasteiger charge is -2.28. The fourth-order valence-electron chi connectivity index (χ4n) is 6.88. The van der Waals surface area contributed by atoms with E-state index in [0.29, 0.717) is 0 Å². The molecule has 0 aliphatic carbocycles. The van der Waals surface area contributed by atoms with Gasteiger partial charge in [-0.1, -0.05) is 133 Å². The van der Waals surface area contributed by atoms with Crippen LogP contribution >= 0.6 is 0 Å². The fraction of sp³-hybridized carbons (Fsp3) is 0. The Balaban J connectivity index is 1.39. The fourth-order valence-corrected chi connectivity index (χ4v) is 6.88. The van der Waals surface area contributed by atoms with Gasteiger partial charge in [0.1, 0.15) is 5.58 Å². The number of furan rings is 1. The molecule has 0 fully saturated rings. The van der Waals surface area contributed by atoms with Crippen molar-refractivity contribution in [1.29, 1.82) is 0 Å². The van der Waals surface area contributed by atoms with E-state index in [0.717, 1.165) is 44.6 Å². The Morgan fingerprint density at radius 1 is 0.364 bits per heavy atom. The van der Waals surface area contributed by atoms with Crippen LogP contribution in [0, 0.1) is 0 Å². The number of hydrogen-bond acceptors (Lipinski definition) is 2. The molecule has 0 atom stereocenters. The van der Waals surface area contributed by atoms with Gasteiger partial charge in [0.2, 0.25) is 0 Å². The van der Waals surface area contributed by atoms with Gasteiger partial charge in [-0.2, -0.15) is 0 Å². The summed E-state index contributed by atoms with van der Waals surface area (Å²) < 4.78 is 6.63. The molecule has 9 rings (SSSR count). The molecule has 0 spiro atoms. The molecule has 2 nitrogen and oxygen atoms in total. The summed E-state index contributed by atoms with van der Waals surface area (Å²) in [6, 6.07) is 58.5. The SMILES string of the molecule is c1ccc(-c2ccccc2N(c2ccc3c4ccccc4c4ccccc4c3c2)c2cccc3c2oc2ccccc23)cc1. The van der Waals surface area contributed by atoms with Crippen LogP contribution in [0.5, 0.6) is 0 Å². The Labute approximate surface area is 255 Å². The second-order valence-corrected chi connectivity index (χ2v) is 11.3. The van der Waals surface area contributed by atoms with Crippen molar-refractivity contribution in [2.24, 2.45) is 0 Å². The number of nitrogens with zero attached hydrogens (tertiary/aromatic N) is 1. The minimum Gasteiger partial charge on any atom is -0.454 e. The average molecular weight is 562 g/mol. The highest BCUT2D eigenvalue weighted by Crippen LogP contribution is 2.46. The number of para-hydroxylation sites is 3. The van der Waals surface area contributed by atoms with Gasteiger partial charge in [-0.15, -0.1) is 0 Å². The Morgan fingerprint density at radius 2 is 0.909 bits per heavy atom. The molecule has 1 aromatic heterocycles. The van der Waals surface area contributed by atoms with E-state index in [4.69, 9.17) is 4.42 Å². The predicted molar refractivity (Wildman–Crippen MR) is 186 cm³/mol. The third-order valence-electron chi connectivity index (χ3n) is 8.84. The van der Waals surface area contributed by atoms with Gasteiger partial charge in [-0.25, -0.2) is 0 Å². The van der Waals surface area contributed by atoms with Crippen LogP contribution in [0.4, 0.5) is 17.1 Å². The molecule has 9 aromatic rings. The van der Waals surface area contributed by atoms with Gasteiger partial charge in [0.05, 0.1) is 11.4 Å². The third kappa shape index (κ3) is 3.75. The monoisotopic (exact) mass is 561 g/mol. The highest BCUT2D eigenvalue weighted by atomic mass is 16.3. The summed E-state index contributed by atoms with van der Waals surface area (Å²) in [5, 5.41) is 9.78. The van der Waals surface area contributed by atoms with Crippen molar-refractivity contribution in [3.8, 4) is 11.1 Å². The summed E-state index contributed by atoms with van der Waals surface area (Å²) in [7, 11) is 0. The van der Waals surface area contributed by atoms with E-state index in [1.165, 1.54) is 37.9 Å². The average Bonchev–Trinajstić information content (AvgIpc) is 3.49. The maximum absolute atomic E-state index is 6.63. The van der Waals surface area contributed by atoms with Crippen LogP contribution in [0.2, 0.25) is 0 Å². The molecule has 206 valence electrons. The molecule has 0 saturated heterocycles. The van der Waals surface area contributed by atoms with E-state index < -0.39 is 0 Å². The van der Waals surface area contributed by atoms with Crippen LogP contribution in [0.3, 0.4) is 0 Å². The Kier molecular flexibility index (Phi) is 5.54. The standard InChI is InChI=1S/C42H27NO/c1-2-13-28(14-3-1)30-15-8-10-22-39(30)43(40-23-12-21-37-36-20-9-11-24-41(36)44-42(37)40)29-25-26-35-33-18-5-4-16-31(33)32-17-6-7-19-34(32)38(35)27-29/h1-27H. The lowest BCUT2D eigenvalue weighted by atomic mass is 9.93. The van der Waals surface area contributed by atoms with Gasteiger partial charge in [0.15, 0.2) is 5.58 Å². The molecule has 1 heterocycles. The number of anilines is 3. The first-order valence-electron chi connectivity index (χ1n) is 15.0. The Hall–Kier alpha value is -5.86. The summed E-state index contributed by atoms with van der Waals surface area (Å²) in [6.45, 7) is 0. The molecular weight excluding hydrogens is 534 g/mol. The van der Waals surface area contributed by atoms with Crippen LogP contribution in [0.15, 0.2) is 168 Å². The van der Waals surface area contributed by atoms with Crippen molar-refractivity contribution in [3.63, 3.8) is 0 Å². The van der Waals surface area contributed by atoms with Crippen molar-refractivity contribution < 1.29 is 4.42 Å². The molecule has 44 heavy (non-hydrogen) atoms. The van der Waals surface area contributed by atoms with Crippen LogP contribution in [0.1, 0.15) is 0 Å². The van der Waals surface area contributed by atoms with E-state index >= 15 is 0 Å². The van der Waals surface area contributed by atoms with E-state index in [1.807, 2.05) is 6.07 Å². The van der Waals surface area contributed by atoms with Crippen LogP contribution in [-0.2, 0) is 0 Å². The maximum Gasteiger partial charge on any atom is 0.159 e. The number of hydrogen-bond donors (Lipinski definition) is 0. The summed E-state index contributed by atoms with van der Waals surface area (Å²) >= 11 is 0. The molecule has 0 amide bonds. The van der Waals surface area contributed by atoms with Gasteiger partial charge >= 0.3 is 0 Å². The smallest absolute Gasteiger partial charge is 0.159 e. The van der Waals surface area contributed by atoms with Crippen LogP contribution < -0.4 is 4.90 Å². The molecule has 0 saturated carbocycles. The second-order valence-electron chi connectivity index (χ2n) is 11.3. The van der Waals surface area contributed by atoms with E-state index in [-0.39, 0.29) is 0 Å². The lowest BCUT2D eigenvalue weighted by Crippen LogP contribution is -2.11. The first kappa shape index (κ1) is 24.7. The normalized spacial score (nSPS) is 11.6. The molecule has 8 aromatic carbocycles. The first-order valence-corrected chi connectivity index (χ1v) is 15.0. The highest BCUT2D eigenvalue weighted by molar-refractivity contribution is 6.26. The molecule has 2 heteroatoms. The van der Waals surface area contributed by atoms with Gasteiger partial charge in [-0.3, -0.25) is 0 Å². The molecule has 0 N–H and O–H groups in total. The second kappa shape index (κ2) is 9.86. The maximum atomic E-state index is 6.63. The summed E-state index contributed by atoms with van der Waals surface area (Å²) in [4.78, 5) is 2.37. The molecular formula is C42H27NO. The number of benzene rings is 8. The molecule has 0 aliphatic rings. The van der Waals surface area contributed by atoms with Crippen LogP contribution in [-0.4, -0.2) is 0 Å². The van der Waals surface area contributed by atoms with Gasteiger partial charge in [-0.05, 0) is 68.2 Å². The van der Waals surface area contributed by atoms with Crippen molar-refractivity contribution >= 4 is 71.3 Å². The zero-order valence-corrected chi connectivity index (χ0v) is 23.9. The summed E-state index contributed by atoms with van der Waals surface area (Å²) in [6.07, 6.45) is 0. The summed E-state index contributed by atoms with van der Waals surface area (Å²) in [5.74, 6) is 0. The number of rotatable bonds is 4. The molecule has 0 radical (unpaired) electrons. The third-order valence-corrected chi connectivity index (χ3v) is 8.84. The Bertz CT molecular complexity index is 2470. The minimum atomic E-state index is 0.875. The predicted octanol–water partition coefficient (Wildman–Crippen LogP) is 12.2. The Morgan fingerprint density at radius 3 is 1.66 bits per heavy atom. The zero-order valence-electron chi connectivity index (χ0n) is 23.9. The van der Waals surface area contributed by atoms with E-state index in [1.54, 1.807) is 0 Å².